The molecule has 160 valence electrons. The highest BCUT2D eigenvalue weighted by molar-refractivity contribution is 7.18. The van der Waals surface area contributed by atoms with Gasteiger partial charge in [-0.3, -0.25) is 4.79 Å². The molecule has 0 saturated carbocycles. The molecule has 0 aliphatic heterocycles. The molecule has 0 aliphatic rings. The van der Waals surface area contributed by atoms with Crippen LogP contribution in [0, 0.1) is 6.92 Å². The summed E-state index contributed by atoms with van der Waals surface area (Å²) in [6, 6.07) is 15.7. The molecule has 1 heterocycles. The number of thiophene rings is 1. The maximum absolute atomic E-state index is 12.7. The molecular weight excluding hydrogens is 438 g/mol. The number of carbonyl (C=O) groups is 3. The van der Waals surface area contributed by atoms with Crippen molar-refractivity contribution in [1.29, 1.82) is 0 Å². The molecule has 3 aromatic rings. The number of carbonyl (C=O) groups excluding carboxylic acids is 3. The molecule has 0 aliphatic carbocycles. The lowest BCUT2D eigenvalue weighted by Gasteiger charge is -2.07. The number of benzene rings is 2. The summed E-state index contributed by atoms with van der Waals surface area (Å²) in [5.41, 5.74) is 1.68. The average Bonchev–Trinajstić information content (AvgIpc) is 3.08. The summed E-state index contributed by atoms with van der Waals surface area (Å²) in [6.45, 7) is 3.55. The van der Waals surface area contributed by atoms with Crippen LogP contribution in [0.2, 0.25) is 5.02 Å². The Labute approximate surface area is 188 Å². The molecule has 1 amide bonds. The summed E-state index contributed by atoms with van der Waals surface area (Å²) in [4.78, 5) is 38.1. The van der Waals surface area contributed by atoms with Gasteiger partial charge in [-0.1, -0.05) is 48.0 Å². The van der Waals surface area contributed by atoms with E-state index in [1.165, 1.54) is 6.07 Å². The van der Waals surface area contributed by atoms with Crippen molar-refractivity contribution in [3.63, 3.8) is 0 Å². The molecule has 1 N–H and O–H groups in total. The zero-order chi connectivity index (χ0) is 22.4. The van der Waals surface area contributed by atoms with Crippen LogP contribution in [0.1, 0.15) is 48.4 Å². The van der Waals surface area contributed by atoms with Crippen molar-refractivity contribution in [2.45, 2.75) is 20.5 Å². The summed E-state index contributed by atoms with van der Waals surface area (Å²) >= 11 is 6.93. The van der Waals surface area contributed by atoms with Gasteiger partial charge in [-0.25, -0.2) is 9.59 Å². The molecule has 0 spiro atoms. The van der Waals surface area contributed by atoms with Gasteiger partial charge < -0.3 is 14.8 Å². The van der Waals surface area contributed by atoms with Crippen LogP contribution in [0.25, 0.3) is 0 Å². The molecule has 3 rings (SSSR count). The largest absolute Gasteiger partial charge is 0.462 e. The molecule has 31 heavy (non-hydrogen) atoms. The van der Waals surface area contributed by atoms with E-state index in [9.17, 15) is 14.4 Å². The lowest BCUT2D eigenvalue weighted by molar-refractivity contribution is 0.0477. The molecule has 0 saturated heterocycles. The van der Waals surface area contributed by atoms with Crippen LogP contribution in [0.4, 0.5) is 5.00 Å². The van der Waals surface area contributed by atoms with Gasteiger partial charge in [0, 0.05) is 10.6 Å². The molecule has 0 radical (unpaired) electrons. The molecule has 0 fully saturated rings. The maximum atomic E-state index is 12.7. The van der Waals surface area contributed by atoms with Gasteiger partial charge in [0.2, 0.25) is 0 Å². The summed E-state index contributed by atoms with van der Waals surface area (Å²) in [5.74, 6) is -1.67. The Morgan fingerprint density at radius 2 is 1.74 bits per heavy atom. The fourth-order valence-corrected chi connectivity index (χ4v) is 4.11. The van der Waals surface area contributed by atoms with Crippen LogP contribution in [0.15, 0.2) is 54.6 Å². The first-order chi connectivity index (χ1) is 14.9. The normalized spacial score (nSPS) is 10.4. The Morgan fingerprint density at radius 3 is 2.42 bits per heavy atom. The van der Waals surface area contributed by atoms with E-state index in [0.29, 0.717) is 16.1 Å². The molecule has 0 unspecified atom stereocenters. The number of amides is 1. The third-order valence-corrected chi connectivity index (χ3v) is 5.76. The lowest BCUT2D eigenvalue weighted by atomic mass is 10.1. The Kier molecular flexibility index (Phi) is 7.44. The minimum Gasteiger partial charge on any atom is -0.462 e. The summed E-state index contributed by atoms with van der Waals surface area (Å²) in [5, 5.41) is 3.32. The summed E-state index contributed by atoms with van der Waals surface area (Å²) in [7, 11) is 0. The van der Waals surface area contributed by atoms with Crippen LogP contribution >= 0.6 is 22.9 Å². The zero-order valence-electron chi connectivity index (χ0n) is 16.9. The predicted octanol–water partition coefficient (Wildman–Crippen LogP) is 5.50. The first-order valence-corrected chi connectivity index (χ1v) is 10.7. The molecule has 8 heteroatoms. The van der Waals surface area contributed by atoms with Crippen LogP contribution in [-0.4, -0.2) is 24.5 Å². The zero-order valence-corrected chi connectivity index (χ0v) is 18.5. The van der Waals surface area contributed by atoms with Crippen molar-refractivity contribution >= 4 is 45.8 Å². The van der Waals surface area contributed by atoms with Crippen LogP contribution in [0.3, 0.4) is 0 Å². The minimum absolute atomic E-state index is 0.0932. The van der Waals surface area contributed by atoms with Gasteiger partial charge in [-0.05, 0) is 43.2 Å². The fourth-order valence-electron chi connectivity index (χ4n) is 2.84. The van der Waals surface area contributed by atoms with E-state index in [1.807, 2.05) is 30.3 Å². The molecule has 1 aromatic heterocycles. The lowest BCUT2D eigenvalue weighted by Crippen LogP contribution is -2.15. The van der Waals surface area contributed by atoms with Crippen molar-refractivity contribution in [3.05, 3.63) is 86.8 Å². The number of nitrogens with one attached hydrogen (secondary N) is 1. The van der Waals surface area contributed by atoms with Crippen molar-refractivity contribution < 1.29 is 23.9 Å². The molecular formula is C23H20ClNO5S. The summed E-state index contributed by atoms with van der Waals surface area (Å²) < 4.78 is 10.5. The van der Waals surface area contributed by atoms with Gasteiger partial charge in [0.25, 0.3) is 5.91 Å². The van der Waals surface area contributed by atoms with Crippen molar-refractivity contribution in [2.75, 3.05) is 11.9 Å². The number of hydrogen-bond donors (Lipinski definition) is 1. The Balaban J connectivity index is 1.88. The van der Waals surface area contributed by atoms with E-state index >= 15 is 0 Å². The highest BCUT2D eigenvalue weighted by atomic mass is 35.5. The highest BCUT2D eigenvalue weighted by Crippen LogP contribution is 2.35. The Morgan fingerprint density at radius 1 is 1.00 bits per heavy atom. The second kappa shape index (κ2) is 10.2. The number of hydrogen-bond acceptors (Lipinski definition) is 6. The SMILES string of the molecule is CCOC(=O)c1c(NC(=O)c2cccc(Cl)c2)sc(C(=O)OCc2ccccc2)c1C. The van der Waals surface area contributed by atoms with E-state index < -0.39 is 17.8 Å². The quantitative estimate of drug-likeness (QED) is 0.474. The van der Waals surface area contributed by atoms with E-state index in [4.69, 9.17) is 21.1 Å². The van der Waals surface area contributed by atoms with Gasteiger partial charge in [-0.2, -0.15) is 0 Å². The first-order valence-electron chi connectivity index (χ1n) is 9.49. The monoisotopic (exact) mass is 457 g/mol. The first kappa shape index (κ1) is 22.5. The number of rotatable bonds is 7. The van der Waals surface area contributed by atoms with Gasteiger partial charge in [0.05, 0.1) is 12.2 Å². The third kappa shape index (κ3) is 5.51. The summed E-state index contributed by atoms with van der Waals surface area (Å²) in [6.07, 6.45) is 0. The van der Waals surface area contributed by atoms with Crippen molar-refractivity contribution in [1.82, 2.24) is 0 Å². The van der Waals surface area contributed by atoms with Gasteiger partial charge >= 0.3 is 11.9 Å². The second-order valence-electron chi connectivity index (χ2n) is 6.51. The number of anilines is 1. The highest BCUT2D eigenvalue weighted by Gasteiger charge is 2.27. The molecule has 6 nitrogen and oxygen atoms in total. The van der Waals surface area contributed by atoms with Crippen LogP contribution in [-0.2, 0) is 16.1 Å². The van der Waals surface area contributed by atoms with Crippen molar-refractivity contribution in [3.8, 4) is 0 Å². The van der Waals surface area contributed by atoms with E-state index in [0.717, 1.165) is 16.9 Å². The van der Waals surface area contributed by atoms with Crippen LogP contribution in [0.5, 0.6) is 0 Å². The van der Waals surface area contributed by atoms with Gasteiger partial charge in [-0.15, -0.1) is 11.3 Å². The molecule has 0 bridgehead atoms. The predicted molar refractivity (Wildman–Crippen MR) is 120 cm³/mol. The third-order valence-electron chi connectivity index (χ3n) is 4.34. The number of ether oxygens (including phenoxy) is 2. The topological polar surface area (TPSA) is 81.7 Å². The Bertz CT molecular complexity index is 1110. The smallest absolute Gasteiger partial charge is 0.349 e. The van der Waals surface area contributed by atoms with Crippen LogP contribution < -0.4 is 5.32 Å². The minimum atomic E-state index is -0.625. The van der Waals surface area contributed by atoms with Crippen molar-refractivity contribution in [2.24, 2.45) is 0 Å². The fraction of sp³-hybridized carbons (Fsp3) is 0.174. The molecule has 2 aromatic carbocycles. The van der Waals surface area contributed by atoms with E-state index in [1.54, 1.807) is 32.0 Å². The van der Waals surface area contributed by atoms with E-state index in [-0.39, 0.29) is 28.7 Å². The Hall–Kier alpha value is -3.16. The number of esters is 2. The maximum Gasteiger partial charge on any atom is 0.349 e. The van der Waals surface area contributed by atoms with Gasteiger partial charge in [0.1, 0.15) is 16.5 Å². The standard InChI is InChI=1S/C23H20ClNO5S/c1-3-29-22(27)18-14(2)19(23(28)30-13-15-8-5-4-6-9-15)31-21(18)25-20(26)16-10-7-11-17(24)12-16/h4-12H,3,13H2,1-2H3,(H,25,26). The van der Waals surface area contributed by atoms with Gasteiger partial charge in [0.15, 0.2) is 0 Å². The number of halogens is 1. The second-order valence-corrected chi connectivity index (χ2v) is 7.96. The van der Waals surface area contributed by atoms with E-state index in [2.05, 4.69) is 5.32 Å². The average molecular weight is 458 g/mol. The molecule has 0 atom stereocenters.